The highest BCUT2D eigenvalue weighted by Crippen LogP contribution is 2.21. The van der Waals surface area contributed by atoms with E-state index in [4.69, 9.17) is 22.1 Å². The fourth-order valence-electron chi connectivity index (χ4n) is 2.16. The molecule has 0 aromatic heterocycles. The van der Waals surface area contributed by atoms with Crippen LogP contribution in [0.5, 0.6) is 5.75 Å². The van der Waals surface area contributed by atoms with E-state index in [1.165, 1.54) is 6.07 Å². The van der Waals surface area contributed by atoms with E-state index in [0.29, 0.717) is 23.4 Å². The lowest BCUT2D eigenvalue weighted by atomic mass is 9.99. The monoisotopic (exact) mass is 293 g/mol. The molecule has 0 radical (unpaired) electrons. The summed E-state index contributed by atoms with van der Waals surface area (Å²) in [4.78, 5) is 0. The third kappa shape index (κ3) is 3.71. The first-order chi connectivity index (χ1) is 9.60. The molecule has 1 unspecified atom stereocenters. The van der Waals surface area contributed by atoms with Gasteiger partial charge in [-0.2, -0.15) is 0 Å². The van der Waals surface area contributed by atoms with Crippen LogP contribution in [0, 0.1) is 5.82 Å². The molecule has 2 rings (SSSR count). The second-order valence-electron chi connectivity index (χ2n) is 4.72. The van der Waals surface area contributed by atoms with Crippen molar-refractivity contribution >= 4 is 11.6 Å². The highest BCUT2D eigenvalue weighted by atomic mass is 35.5. The average Bonchev–Trinajstić information content (AvgIpc) is 2.43. The molecule has 0 aliphatic rings. The van der Waals surface area contributed by atoms with Crippen molar-refractivity contribution in [3.8, 4) is 5.75 Å². The third-order valence-corrected chi connectivity index (χ3v) is 3.51. The van der Waals surface area contributed by atoms with E-state index in [1.807, 2.05) is 24.3 Å². The molecule has 2 N–H and O–H groups in total. The fourth-order valence-corrected chi connectivity index (χ4v) is 2.40. The maximum absolute atomic E-state index is 13.7. The van der Waals surface area contributed by atoms with Gasteiger partial charge in [-0.15, -0.1) is 0 Å². The first-order valence-electron chi connectivity index (χ1n) is 6.41. The minimum absolute atomic E-state index is 0.198. The van der Waals surface area contributed by atoms with Crippen molar-refractivity contribution in [1.82, 2.24) is 0 Å². The number of ether oxygens (including phenoxy) is 1. The number of halogens is 2. The lowest BCUT2D eigenvalue weighted by Gasteiger charge is -2.14. The Morgan fingerprint density at radius 2 is 1.95 bits per heavy atom. The van der Waals surface area contributed by atoms with Crippen LogP contribution in [0.2, 0.25) is 5.02 Å². The molecule has 20 heavy (non-hydrogen) atoms. The number of nitrogens with two attached hydrogens (primary N) is 1. The first kappa shape index (κ1) is 14.8. The second kappa shape index (κ2) is 6.73. The van der Waals surface area contributed by atoms with Crippen LogP contribution in [0.15, 0.2) is 42.5 Å². The van der Waals surface area contributed by atoms with Crippen molar-refractivity contribution in [2.24, 2.45) is 5.73 Å². The van der Waals surface area contributed by atoms with Crippen molar-refractivity contribution in [3.05, 3.63) is 64.4 Å². The van der Waals surface area contributed by atoms with E-state index in [9.17, 15) is 4.39 Å². The van der Waals surface area contributed by atoms with Crippen molar-refractivity contribution in [1.29, 1.82) is 0 Å². The quantitative estimate of drug-likeness (QED) is 0.914. The Kier molecular flexibility index (Phi) is 4.99. The summed E-state index contributed by atoms with van der Waals surface area (Å²) in [5.41, 5.74) is 7.64. The number of rotatable bonds is 5. The summed E-state index contributed by atoms with van der Waals surface area (Å²) in [5, 5.41) is 0.422. The van der Waals surface area contributed by atoms with E-state index in [0.717, 1.165) is 11.3 Å². The average molecular weight is 294 g/mol. The second-order valence-corrected chi connectivity index (χ2v) is 5.13. The normalized spacial score (nSPS) is 12.2. The van der Waals surface area contributed by atoms with Crippen LogP contribution in [-0.2, 0) is 12.8 Å². The largest absolute Gasteiger partial charge is 0.497 e. The molecule has 0 aliphatic carbocycles. The molecule has 0 bridgehead atoms. The number of hydrogen-bond donors (Lipinski definition) is 1. The summed E-state index contributed by atoms with van der Waals surface area (Å²) in [6, 6.07) is 12.2. The standard InChI is InChI=1S/C16H17ClFNO/c1-20-13-5-2-4-11(9-13)8-12(19)10-14-15(17)6-3-7-16(14)18/h2-7,9,12H,8,10,19H2,1H3. The number of benzene rings is 2. The topological polar surface area (TPSA) is 35.2 Å². The molecule has 0 heterocycles. The molecule has 2 aromatic rings. The summed E-state index contributed by atoms with van der Waals surface area (Å²) < 4.78 is 18.9. The zero-order valence-electron chi connectivity index (χ0n) is 11.3. The summed E-state index contributed by atoms with van der Waals surface area (Å²) in [6.45, 7) is 0. The Hall–Kier alpha value is -1.58. The Morgan fingerprint density at radius 3 is 2.65 bits per heavy atom. The lowest BCUT2D eigenvalue weighted by molar-refractivity contribution is 0.414. The molecule has 2 aromatic carbocycles. The van der Waals surface area contributed by atoms with Gasteiger partial charge >= 0.3 is 0 Å². The zero-order chi connectivity index (χ0) is 14.5. The van der Waals surface area contributed by atoms with E-state index in [-0.39, 0.29) is 11.9 Å². The van der Waals surface area contributed by atoms with E-state index in [1.54, 1.807) is 19.2 Å². The molecule has 2 nitrogen and oxygen atoms in total. The van der Waals surface area contributed by atoms with Gasteiger partial charge in [0.05, 0.1) is 7.11 Å². The van der Waals surface area contributed by atoms with Crippen molar-refractivity contribution in [2.45, 2.75) is 18.9 Å². The van der Waals surface area contributed by atoms with Gasteiger partial charge in [-0.3, -0.25) is 0 Å². The summed E-state index contributed by atoms with van der Waals surface area (Å²) in [6.07, 6.45) is 1.05. The van der Waals surface area contributed by atoms with Crippen molar-refractivity contribution in [2.75, 3.05) is 7.11 Å². The SMILES string of the molecule is COc1cccc(CC(N)Cc2c(F)cccc2Cl)c1. The van der Waals surface area contributed by atoms with Gasteiger partial charge in [0.2, 0.25) is 0 Å². The van der Waals surface area contributed by atoms with Gasteiger partial charge in [0.1, 0.15) is 11.6 Å². The van der Waals surface area contributed by atoms with Crippen LogP contribution in [-0.4, -0.2) is 13.2 Å². The summed E-state index contributed by atoms with van der Waals surface area (Å²) in [5.74, 6) is 0.484. The molecule has 0 spiro atoms. The van der Waals surface area contributed by atoms with E-state index in [2.05, 4.69) is 0 Å². The molecular weight excluding hydrogens is 277 g/mol. The molecular formula is C16H17ClFNO. The third-order valence-electron chi connectivity index (χ3n) is 3.16. The van der Waals surface area contributed by atoms with Gasteiger partial charge in [0.15, 0.2) is 0 Å². The van der Waals surface area contributed by atoms with Crippen LogP contribution in [0.3, 0.4) is 0 Å². The molecule has 0 fully saturated rings. The summed E-state index contributed by atoms with van der Waals surface area (Å²) in [7, 11) is 1.62. The summed E-state index contributed by atoms with van der Waals surface area (Å²) >= 11 is 6.01. The van der Waals surface area contributed by atoms with Crippen molar-refractivity contribution in [3.63, 3.8) is 0 Å². The highest BCUT2D eigenvalue weighted by Gasteiger charge is 2.12. The Labute approximate surface area is 123 Å². The minimum atomic E-state index is -0.307. The molecule has 0 saturated carbocycles. The van der Waals surface area contributed by atoms with Gasteiger partial charge in [-0.1, -0.05) is 29.8 Å². The Balaban J connectivity index is 2.07. The Bertz CT molecular complexity index is 568. The molecule has 4 heteroatoms. The zero-order valence-corrected chi connectivity index (χ0v) is 12.0. The predicted octanol–water partition coefficient (Wildman–Crippen LogP) is 3.60. The van der Waals surface area contributed by atoms with E-state index >= 15 is 0 Å². The molecule has 1 atom stereocenters. The molecule has 0 aliphatic heterocycles. The maximum Gasteiger partial charge on any atom is 0.127 e. The Morgan fingerprint density at radius 1 is 1.20 bits per heavy atom. The smallest absolute Gasteiger partial charge is 0.127 e. The van der Waals surface area contributed by atoms with Gasteiger partial charge in [-0.05, 0) is 42.7 Å². The molecule has 0 saturated heterocycles. The maximum atomic E-state index is 13.7. The van der Waals surface area contributed by atoms with Gasteiger partial charge < -0.3 is 10.5 Å². The van der Waals surface area contributed by atoms with Crippen LogP contribution in [0.1, 0.15) is 11.1 Å². The predicted molar refractivity (Wildman–Crippen MR) is 79.8 cm³/mol. The van der Waals surface area contributed by atoms with Crippen LogP contribution in [0.4, 0.5) is 4.39 Å². The minimum Gasteiger partial charge on any atom is -0.497 e. The highest BCUT2D eigenvalue weighted by molar-refractivity contribution is 6.31. The van der Waals surface area contributed by atoms with Gasteiger partial charge in [0, 0.05) is 16.6 Å². The lowest BCUT2D eigenvalue weighted by Crippen LogP contribution is -2.26. The van der Waals surface area contributed by atoms with Gasteiger partial charge in [-0.25, -0.2) is 4.39 Å². The van der Waals surface area contributed by atoms with Crippen LogP contribution in [0.25, 0.3) is 0 Å². The van der Waals surface area contributed by atoms with Crippen LogP contribution >= 0.6 is 11.6 Å². The first-order valence-corrected chi connectivity index (χ1v) is 6.79. The van der Waals surface area contributed by atoms with Crippen LogP contribution < -0.4 is 10.5 Å². The van der Waals surface area contributed by atoms with E-state index < -0.39 is 0 Å². The van der Waals surface area contributed by atoms with Crippen molar-refractivity contribution < 1.29 is 9.13 Å². The molecule has 106 valence electrons. The number of methoxy groups -OCH3 is 1. The number of hydrogen-bond acceptors (Lipinski definition) is 2. The van der Waals surface area contributed by atoms with Gasteiger partial charge in [0.25, 0.3) is 0 Å². The fraction of sp³-hybridized carbons (Fsp3) is 0.250. The molecule has 0 amide bonds.